The molecule has 1 heterocycles. The van der Waals surface area contributed by atoms with Crippen molar-refractivity contribution in [3.05, 3.63) is 42.0 Å². The molecule has 1 atom stereocenters. The molecule has 21 heavy (non-hydrogen) atoms. The third-order valence-corrected chi connectivity index (χ3v) is 2.81. The Kier molecular flexibility index (Phi) is 4.88. The molecule has 0 spiro atoms. The summed E-state index contributed by atoms with van der Waals surface area (Å²) in [5.41, 5.74) is 0.402. The maximum absolute atomic E-state index is 11.9. The minimum atomic E-state index is -0.686. The molecule has 1 aromatic heterocycles. The van der Waals surface area contributed by atoms with E-state index in [2.05, 4.69) is 20.5 Å². The number of aromatic amines is 1. The molecular formula is C14H15N5O2. The van der Waals surface area contributed by atoms with Crippen molar-refractivity contribution >= 4 is 5.91 Å². The number of H-pyrrole nitrogens is 1. The zero-order valence-corrected chi connectivity index (χ0v) is 11.5. The van der Waals surface area contributed by atoms with Crippen LogP contribution >= 0.6 is 0 Å². The van der Waals surface area contributed by atoms with Gasteiger partial charge in [-0.2, -0.15) is 10.4 Å². The quantitative estimate of drug-likeness (QED) is 0.817. The molecule has 108 valence electrons. The van der Waals surface area contributed by atoms with Gasteiger partial charge in [0.15, 0.2) is 6.10 Å². The number of nitriles is 1. The molecule has 2 rings (SSSR count). The average Bonchev–Trinajstić information content (AvgIpc) is 3.01. The SMILES string of the molecule is CC(Oc1ccccc1C#N)C(=O)NCCc1ncn[nH]1. The first kappa shape index (κ1) is 14.5. The lowest BCUT2D eigenvalue weighted by molar-refractivity contribution is -0.127. The van der Waals surface area contributed by atoms with E-state index in [9.17, 15) is 4.79 Å². The van der Waals surface area contributed by atoms with E-state index in [0.29, 0.717) is 30.1 Å². The second-order valence-electron chi connectivity index (χ2n) is 4.34. The summed E-state index contributed by atoms with van der Waals surface area (Å²) in [4.78, 5) is 15.9. The minimum absolute atomic E-state index is 0.248. The van der Waals surface area contributed by atoms with Gasteiger partial charge in [-0.25, -0.2) is 4.98 Å². The number of aromatic nitrogens is 3. The lowest BCUT2D eigenvalue weighted by atomic mass is 10.2. The predicted octanol–water partition coefficient (Wildman–Crippen LogP) is 0.803. The zero-order chi connectivity index (χ0) is 15.1. The fourth-order valence-corrected chi connectivity index (χ4v) is 1.70. The van der Waals surface area contributed by atoms with Crippen LogP contribution in [0.5, 0.6) is 5.75 Å². The summed E-state index contributed by atoms with van der Waals surface area (Å²) in [5.74, 6) is 0.860. The van der Waals surface area contributed by atoms with E-state index in [4.69, 9.17) is 10.00 Å². The van der Waals surface area contributed by atoms with Gasteiger partial charge in [-0.15, -0.1) is 0 Å². The van der Waals surface area contributed by atoms with Crippen LogP contribution < -0.4 is 10.1 Å². The van der Waals surface area contributed by atoms with Crippen LogP contribution in [0.3, 0.4) is 0 Å². The largest absolute Gasteiger partial charge is 0.480 e. The van der Waals surface area contributed by atoms with Crippen LogP contribution in [0.15, 0.2) is 30.6 Å². The van der Waals surface area contributed by atoms with Gasteiger partial charge in [0, 0.05) is 13.0 Å². The van der Waals surface area contributed by atoms with E-state index < -0.39 is 6.10 Å². The van der Waals surface area contributed by atoms with Gasteiger partial charge in [0.05, 0.1) is 5.56 Å². The van der Waals surface area contributed by atoms with Crippen molar-refractivity contribution in [3.8, 4) is 11.8 Å². The molecule has 0 fully saturated rings. The van der Waals surface area contributed by atoms with Gasteiger partial charge in [0.2, 0.25) is 0 Å². The Morgan fingerprint density at radius 1 is 1.52 bits per heavy atom. The van der Waals surface area contributed by atoms with Crippen molar-refractivity contribution in [2.24, 2.45) is 0 Å². The number of amides is 1. The van der Waals surface area contributed by atoms with E-state index in [-0.39, 0.29) is 5.91 Å². The smallest absolute Gasteiger partial charge is 0.260 e. The summed E-state index contributed by atoms with van der Waals surface area (Å²) in [7, 11) is 0. The molecule has 0 saturated heterocycles. The molecule has 1 unspecified atom stereocenters. The molecule has 2 N–H and O–H groups in total. The third-order valence-electron chi connectivity index (χ3n) is 2.81. The predicted molar refractivity (Wildman–Crippen MR) is 74.3 cm³/mol. The number of rotatable bonds is 6. The van der Waals surface area contributed by atoms with Crippen molar-refractivity contribution in [1.82, 2.24) is 20.5 Å². The van der Waals surface area contributed by atoms with Crippen LogP contribution in [0.25, 0.3) is 0 Å². The number of benzene rings is 1. The van der Waals surface area contributed by atoms with Crippen LogP contribution in [-0.4, -0.2) is 33.7 Å². The first-order chi connectivity index (χ1) is 10.2. The molecule has 1 aromatic carbocycles. The van der Waals surface area contributed by atoms with E-state index >= 15 is 0 Å². The number of nitrogens with zero attached hydrogens (tertiary/aromatic N) is 3. The van der Waals surface area contributed by atoms with Crippen molar-refractivity contribution in [3.63, 3.8) is 0 Å². The van der Waals surface area contributed by atoms with Crippen LogP contribution in [0.4, 0.5) is 0 Å². The van der Waals surface area contributed by atoms with Gasteiger partial charge in [-0.1, -0.05) is 12.1 Å². The monoisotopic (exact) mass is 285 g/mol. The molecule has 0 aliphatic rings. The average molecular weight is 285 g/mol. The Morgan fingerprint density at radius 2 is 2.33 bits per heavy atom. The molecule has 7 heteroatoms. The molecular weight excluding hydrogens is 270 g/mol. The maximum atomic E-state index is 11.9. The van der Waals surface area contributed by atoms with Gasteiger partial charge in [-0.3, -0.25) is 9.89 Å². The fraction of sp³-hybridized carbons (Fsp3) is 0.286. The number of hydrogen-bond acceptors (Lipinski definition) is 5. The lowest BCUT2D eigenvalue weighted by Gasteiger charge is -2.15. The highest BCUT2D eigenvalue weighted by atomic mass is 16.5. The van der Waals surface area contributed by atoms with Crippen LogP contribution in [-0.2, 0) is 11.2 Å². The van der Waals surface area contributed by atoms with Gasteiger partial charge < -0.3 is 10.1 Å². The highest BCUT2D eigenvalue weighted by molar-refractivity contribution is 5.80. The molecule has 0 saturated carbocycles. The number of hydrogen-bond donors (Lipinski definition) is 2. The van der Waals surface area contributed by atoms with E-state index in [1.54, 1.807) is 31.2 Å². The highest BCUT2D eigenvalue weighted by Crippen LogP contribution is 2.18. The molecule has 0 aliphatic carbocycles. The molecule has 7 nitrogen and oxygen atoms in total. The Hall–Kier alpha value is -2.88. The normalized spacial score (nSPS) is 11.4. The third kappa shape index (κ3) is 4.04. The number of carbonyl (C=O) groups excluding carboxylic acids is 1. The van der Waals surface area contributed by atoms with Gasteiger partial charge >= 0.3 is 0 Å². The van der Waals surface area contributed by atoms with Crippen molar-refractivity contribution in [2.75, 3.05) is 6.54 Å². The maximum Gasteiger partial charge on any atom is 0.260 e. The second-order valence-corrected chi connectivity index (χ2v) is 4.34. The molecule has 1 amide bonds. The zero-order valence-electron chi connectivity index (χ0n) is 11.5. The molecule has 0 aliphatic heterocycles. The highest BCUT2D eigenvalue weighted by Gasteiger charge is 2.15. The summed E-state index contributed by atoms with van der Waals surface area (Å²) in [6.07, 6.45) is 1.30. The standard InChI is InChI=1S/C14H15N5O2/c1-10(21-12-5-3-2-4-11(12)8-15)14(20)16-7-6-13-17-9-18-19-13/h2-5,9-10H,6-7H2,1H3,(H,16,20)(H,17,18,19). The Labute approximate surface area is 122 Å². The number of carbonyl (C=O) groups is 1. The Morgan fingerprint density at radius 3 is 3.05 bits per heavy atom. The van der Waals surface area contributed by atoms with Crippen LogP contribution in [0.2, 0.25) is 0 Å². The minimum Gasteiger partial charge on any atom is -0.480 e. The van der Waals surface area contributed by atoms with Gasteiger partial charge in [-0.05, 0) is 19.1 Å². The van der Waals surface area contributed by atoms with Gasteiger partial charge in [0.25, 0.3) is 5.91 Å². The van der Waals surface area contributed by atoms with Gasteiger partial charge in [0.1, 0.15) is 24.0 Å². The number of nitrogens with one attached hydrogen (secondary N) is 2. The molecule has 2 aromatic rings. The molecule has 0 radical (unpaired) electrons. The van der Waals surface area contributed by atoms with E-state index in [0.717, 1.165) is 0 Å². The summed E-state index contributed by atoms with van der Waals surface area (Å²) >= 11 is 0. The Balaban J connectivity index is 1.83. The number of para-hydroxylation sites is 1. The summed E-state index contributed by atoms with van der Waals surface area (Å²) < 4.78 is 5.52. The van der Waals surface area contributed by atoms with Crippen LogP contribution in [0.1, 0.15) is 18.3 Å². The first-order valence-corrected chi connectivity index (χ1v) is 6.48. The van der Waals surface area contributed by atoms with Crippen molar-refractivity contribution < 1.29 is 9.53 Å². The number of ether oxygens (including phenoxy) is 1. The summed E-state index contributed by atoms with van der Waals surface area (Å²) in [5, 5.41) is 18.2. The van der Waals surface area contributed by atoms with Crippen molar-refractivity contribution in [2.45, 2.75) is 19.4 Å². The molecule has 0 bridgehead atoms. The fourth-order valence-electron chi connectivity index (χ4n) is 1.70. The van der Waals surface area contributed by atoms with Crippen LogP contribution in [0, 0.1) is 11.3 Å². The van der Waals surface area contributed by atoms with E-state index in [1.807, 2.05) is 6.07 Å². The van der Waals surface area contributed by atoms with E-state index in [1.165, 1.54) is 6.33 Å². The topological polar surface area (TPSA) is 104 Å². The lowest BCUT2D eigenvalue weighted by Crippen LogP contribution is -2.37. The summed E-state index contributed by atoms with van der Waals surface area (Å²) in [6, 6.07) is 8.83. The summed E-state index contributed by atoms with van der Waals surface area (Å²) in [6.45, 7) is 2.07. The Bertz CT molecular complexity index is 633. The second kappa shape index (κ2) is 7.05. The first-order valence-electron chi connectivity index (χ1n) is 6.48. The van der Waals surface area contributed by atoms with Crippen molar-refractivity contribution in [1.29, 1.82) is 5.26 Å².